The maximum atomic E-state index is 3.84. The second kappa shape index (κ2) is 5.28. The first-order valence-corrected chi connectivity index (χ1v) is 7.92. The molecule has 5 rings (SSSR count). The normalized spacial score (nSPS) is 27.5. The number of hydrogen-bond donors (Lipinski definition) is 1. The van der Waals surface area contributed by atoms with Gasteiger partial charge in [-0.1, -0.05) is 60.7 Å². The van der Waals surface area contributed by atoms with E-state index < -0.39 is 0 Å². The van der Waals surface area contributed by atoms with Gasteiger partial charge < -0.3 is 0 Å². The number of fused-ring (bicyclic) bond motifs is 1. The molecular weight excluding hydrogens is 256 g/mol. The molecule has 0 aromatic heterocycles. The van der Waals surface area contributed by atoms with E-state index in [1.54, 1.807) is 0 Å². The zero-order valence-electron chi connectivity index (χ0n) is 12.3. The lowest BCUT2D eigenvalue weighted by Crippen LogP contribution is -2.56. The minimum absolute atomic E-state index is 0.246. The molecule has 21 heavy (non-hydrogen) atoms. The maximum absolute atomic E-state index is 3.84. The van der Waals surface area contributed by atoms with Crippen LogP contribution in [0.1, 0.15) is 24.0 Å². The van der Waals surface area contributed by atoms with Crippen LogP contribution in [-0.2, 0) is 13.1 Å². The van der Waals surface area contributed by atoms with Gasteiger partial charge in [0.1, 0.15) is 0 Å². The van der Waals surface area contributed by atoms with Crippen LogP contribution in [0.5, 0.6) is 0 Å². The first-order valence-electron chi connectivity index (χ1n) is 7.92. The molecule has 0 unspecified atom stereocenters. The number of hydrogen-bond acceptors (Lipinski definition) is 2. The van der Waals surface area contributed by atoms with Gasteiger partial charge in [0.2, 0.25) is 0 Å². The van der Waals surface area contributed by atoms with Crippen LogP contribution in [-0.4, -0.2) is 17.1 Å². The van der Waals surface area contributed by atoms with E-state index in [1.165, 1.54) is 30.5 Å². The van der Waals surface area contributed by atoms with E-state index in [0.29, 0.717) is 0 Å². The van der Waals surface area contributed by atoms with Gasteiger partial charge in [-0.25, -0.2) is 0 Å². The third-order valence-corrected chi connectivity index (χ3v) is 5.02. The summed E-state index contributed by atoms with van der Waals surface area (Å²) in [4.78, 5) is 2.65. The summed E-state index contributed by atoms with van der Waals surface area (Å²) in [6, 6.07) is 21.6. The van der Waals surface area contributed by atoms with Gasteiger partial charge in [0.05, 0.1) is 5.66 Å². The molecule has 1 N–H and O–H groups in total. The number of nitrogens with one attached hydrogen (secondary N) is 1. The molecule has 0 atom stereocenters. The van der Waals surface area contributed by atoms with E-state index in [4.69, 9.17) is 0 Å². The van der Waals surface area contributed by atoms with Crippen molar-refractivity contribution < 1.29 is 0 Å². The molecule has 3 aliphatic rings. The predicted molar refractivity (Wildman–Crippen MR) is 85.6 cm³/mol. The Morgan fingerprint density at radius 2 is 1.52 bits per heavy atom. The van der Waals surface area contributed by atoms with Gasteiger partial charge in [0.15, 0.2) is 0 Å². The van der Waals surface area contributed by atoms with E-state index in [-0.39, 0.29) is 5.66 Å². The summed E-state index contributed by atoms with van der Waals surface area (Å²) >= 11 is 0. The molecule has 2 heteroatoms. The SMILES string of the molecule is c1ccc(CNC23CC(CN2Cc2ccccc2)C3)cc1. The fourth-order valence-electron chi connectivity index (χ4n) is 3.91. The molecular formula is C19H22N2. The molecule has 2 aromatic carbocycles. The molecule has 1 aliphatic carbocycles. The predicted octanol–water partition coefficient (Wildman–Crippen LogP) is 3.40. The highest BCUT2D eigenvalue weighted by Crippen LogP contribution is 2.49. The van der Waals surface area contributed by atoms with Crippen molar-refractivity contribution in [3.8, 4) is 0 Å². The van der Waals surface area contributed by atoms with Crippen molar-refractivity contribution in [2.75, 3.05) is 6.54 Å². The zero-order valence-corrected chi connectivity index (χ0v) is 12.3. The topological polar surface area (TPSA) is 15.3 Å². The first-order chi connectivity index (χ1) is 10.3. The Balaban J connectivity index is 1.44. The van der Waals surface area contributed by atoms with E-state index in [1.807, 2.05) is 0 Å². The van der Waals surface area contributed by atoms with Crippen molar-refractivity contribution in [3.05, 3.63) is 71.8 Å². The molecule has 0 spiro atoms. The minimum Gasteiger partial charge on any atom is -0.295 e. The third-order valence-electron chi connectivity index (χ3n) is 5.02. The first kappa shape index (κ1) is 13.1. The van der Waals surface area contributed by atoms with Crippen LogP contribution in [0.4, 0.5) is 0 Å². The standard InChI is InChI=1S/C19H22N2/c1-3-7-16(8-4-1)13-20-19-11-18(12-19)15-21(19)14-17-9-5-2-6-10-17/h1-10,18,20H,11-15H2. The lowest BCUT2D eigenvalue weighted by atomic mass is 9.79. The summed E-state index contributed by atoms with van der Waals surface area (Å²) in [6.07, 6.45) is 2.62. The average molecular weight is 278 g/mol. The van der Waals surface area contributed by atoms with Crippen molar-refractivity contribution in [1.29, 1.82) is 0 Å². The summed E-state index contributed by atoms with van der Waals surface area (Å²) in [7, 11) is 0. The Kier molecular flexibility index (Phi) is 3.28. The molecule has 0 radical (unpaired) electrons. The molecule has 0 amide bonds. The molecule has 2 saturated heterocycles. The fraction of sp³-hybridized carbons (Fsp3) is 0.368. The lowest BCUT2D eigenvalue weighted by molar-refractivity contribution is 0.0603. The highest BCUT2D eigenvalue weighted by molar-refractivity contribution is 5.19. The van der Waals surface area contributed by atoms with Gasteiger partial charge in [-0.15, -0.1) is 0 Å². The van der Waals surface area contributed by atoms with Crippen LogP contribution >= 0.6 is 0 Å². The van der Waals surface area contributed by atoms with Crippen molar-refractivity contribution in [2.24, 2.45) is 5.92 Å². The third kappa shape index (κ3) is 2.50. The van der Waals surface area contributed by atoms with Gasteiger partial charge in [0, 0.05) is 19.6 Å². The van der Waals surface area contributed by atoms with Crippen LogP contribution in [0.15, 0.2) is 60.7 Å². The highest BCUT2D eigenvalue weighted by Gasteiger charge is 2.55. The Labute approximate surface area is 126 Å². The second-order valence-corrected chi connectivity index (χ2v) is 6.51. The summed E-state index contributed by atoms with van der Waals surface area (Å²) in [5.41, 5.74) is 3.05. The van der Waals surface area contributed by atoms with E-state index in [9.17, 15) is 0 Å². The molecule has 2 aromatic rings. The molecule has 2 aliphatic heterocycles. The monoisotopic (exact) mass is 278 g/mol. The average Bonchev–Trinajstić information content (AvgIpc) is 3.01. The number of benzene rings is 2. The van der Waals surface area contributed by atoms with E-state index in [0.717, 1.165) is 19.0 Å². The summed E-state index contributed by atoms with van der Waals surface area (Å²) < 4.78 is 0. The summed E-state index contributed by atoms with van der Waals surface area (Å²) in [5.74, 6) is 0.900. The Hall–Kier alpha value is -1.64. The molecule has 2 nitrogen and oxygen atoms in total. The van der Waals surface area contributed by atoms with Crippen molar-refractivity contribution in [3.63, 3.8) is 0 Å². The van der Waals surface area contributed by atoms with Crippen LogP contribution in [0.3, 0.4) is 0 Å². The van der Waals surface area contributed by atoms with Gasteiger partial charge in [-0.3, -0.25) is 10.2 Å². The Morgan fingerprint density at radius 1 is 0.905 bits per heavy atom. The lowest BCUT2D eigenvalue weighted by Gasteiger charge is -2.43. The summed E-state index contributed by atoms with van der Waals surface area (Å²) in [5, 5.41) is 3.84. The largest absolute Gasteiger partial charge is 0.295 e. The number of rotatable bonds is 5. The van der Waals surface area contributed by atoms with Crippen LogP contribution in [0.2, 0.25) is 0 Å². The minimum atomic E-state index is 0.246. The maximum Gasteiger partial charge on any atom is 0.0724 e. The molecule has 3 fully saturated rings. The highest BCUT2D eigenvalue weighted by atomic mass is 15.4. The molecule has 2 bridgehead atoms. The van der Waals surface area contributed by atoms with Gasteiger partial charge >= 0.3 is 0 Å². The van der Waals surface area contributed by atoms with E-state index >= 15 is 0 Å². The Morgan fingerprint density at radius 3 is 2.19 bits per heavy atom. The smallest absolute Gasteiger partial charge is 0.0724 e. The molecule has 108 valence electrons. The molecule has 2 heterocycles. The quantitative estimate of drug-likeness (QED) is 0.902. The van der Waals surface area contributed by atoms with Crippen molar-refractivity contribution >= 4 is 0 Å². The van der Waals surface area contributed by atoms with Gasteiger partial charge in [-0.05, 0) is 29.9 Å². The Bertz CT molecular complexity index is 587. The fourth-order valence-corrected chi connectivity index (χ4v) is 3.91. The zero-order chi connectivity index (χ0) is 14.1. The van der Waals surface area contributed by atoms with Crippen LogP contribution in [0, 0.1) is 5.92 Å². The van der Waals surface area contributed by atoms with Gasteiger partial charge in [-0.2, -0.15) is 0 Å². The van der Waals surface area contributed by atoms with Crippen LogP contribution < -0.4 is 5.32 Å². The second-order valence-electron chi connectivity index (χ2n) is 6.51. The van der Waals surface area contributed by atoms with Crippen molar-refractivity contribution in [1.82, 2.24) is 10.2 Å². The van der Waals surface area contributed by atoms with E-state index in [2.05, 4.69) is 70.9 Å². The van der Waals surface area contributed by atoms with Crippen LogP contribution in [0.25, 0.3) is 0 Å². The van der Waals surface area contributed by atoms with Gasteiger partial charge in [0.25, 0.3) is 0 Å². The molecule has 1 saturated carbocycles. The number of nitrogens with zero attached hydrogens (tertiary/aromatic N) is 1. The van der Waals surface area contributed by atoms with Crippen molar-refractivity contribution in [2.45, 2.75) is 31.6 Å². The summed E-state index contributed by atoms with van der Waals surface area (Å²) in [6.45, 7) is 3.29.